The predicted octanol–water partition coefficient (Wildman–Crippen LogP) is 8.04. The van der Waals surface area contributed by atoms with Gasteiger partial charge in [0.1, 0.15) is 0 Å². The van der Waals surface area contributed by atoms with Crippen LogP contribution < -0.4 is 0 Å². The first kappa shape index (κ1) is 20.6. The first-order valence-electron chi connectivity index (χ1n) is 11.2. The van der Waals surface area contributed by atoms with Crippen molar-refractivity contribution in [1.29, 1.82) is 0 Å². The van der Waals surface area contributed by atoms with Gasteiger partial charge in [-0.05, 0) is 92.2 Å². The van der Waals surface area contributed by atoms with Crippen LogP contribution in [0, 0.1) is 35.3 Å². The van der Waals surface area contributed by atoms with E-state index in [1.54, 1.807) is 6.07 Å². The van der Waals surface area contributed by atoms with Gasteiger partial charge in [0.15, 0.2) is 11.6 Å². The summed E-state index contributed by atoms with van der Waals surface area (Å²) in [6, 6.07) is 4.46. The van der Waals surface area contributed by atoms with Crippen LogP contribution in [-0.4, -0.2) is 0 Å². The summed E-state index contributed by atoms with van der Waals surface area (Å²) in [6.45, 7) is 6.21. The van der Waals surface area contributed by atoms with Gasteiger partial charge in [0, 0.05) is 0 Å². The molecule has 1 aromatic carbocycles. The molecule has 0 heterocycles. The predicted molar refractivity (Wildman–Crippen MR) is 110 cm³/mol. The molecule has 2 heteroatoms. The van der Waals surface area contributed by atoms with Crippen LogP contribution in [0.2, 0.25) is 0 Å². The molecule has 2 saturated carbocycles. The van der Waals surface area contributed by atoms with E-state index >= 15 is 0 Å². The summed E-state index contributed by atoms with van der Waals surface area (Å²) in [5.41, 5.74) is 0.942. The van der Waals surface area contributed by atoms with Crippen LogP contribution in [0.3, 0.4) is 0 Å². The fourth-order valence-corrected chi connectivity index (χ4v) is 5.90. The van der Waals surface area contributed by atoms with Crippen molar-refractivity contribution in [2.45, 2.75) is 83.5 Å². The van der Waals surface area contributed by atoms with Crippen molar-refractivity contribution >= 4 is 0 Å². The van der Waals surface area contributed by atoms with E-state index in [-0.39, 0.29) is 5.92 Å². The molecule has 0 spiro atoms. The lowest BCUT2D eigenvalue weighted by atomic mass is 9.66. The fraction of sp³-hybridized carbons (Fsp3) is 0.680. The van der Waals surface area contributed by atoms with Gasteiger partial charge in [-0.2, -0.15) is 0 Å². The summed E-state index contributed by atoms with van der Waals surface area (Å²) in [7, 11) is 0. The second-order valence-electron chi connectivity index (χ2n) is 9.05. The molecule has 2 aliphatic carbocycles. The van der Waals surface area contributed by atoms with E-state index in [4.69, 9.17) is 0 Å². The van der Waals surface area contributed by atoms with Gasteiger partial charge in [-0.1, -0.05) is 44.7 Å². The van der Waals surface area contributed by atoms with Crippen molar-refractivity contribution in [3.05, 3.63) is 48.1 Å². The quantitative estimate of drug-likeness (QED) is 0.424. The molecule has 0 N–H and O–H groups in total. The third kappa shape index (κ3) is 5.21. The summed E-state index contributed by atoms with van der Waals surface area (Å²) in [4.78, 5) is 0. The molecule has 0 bridgehead atoms. The maximum absolute atomic E-state index is 13.7. The highest BCUT2D eigenvalue weighted by Gasteiger charge is 2.33. The highest BCUT2D eigenvalue weighted by Crippen LogP contribution is 2.46. The maximum Gasteiger partial charge on any atom is 0.159 e. The molecular formula is C25H36F2. The summed E-state index contributed by atoms with van der Waals surface area (Å²) in [6.07, 6.45) is 16.3. The molecule has 0 aromatic heterocycles. The number of halogens is 2. The maximum atomic E-state index is 13.7. The molecule has 0 saturated heterocycles. The van der Waals surface area contributed by atoms with Crippen LogP contribution in [0.25, 0.3) is 0 Å². The number of rotatable bonds is 7. The van der Waals surface area contributed by atoms with Crippen LogP contribution in [0.4, 0.5) is 8.78 Å². The molecule has 27 heavy (non-hydrogen) atoms. The first-order chi connectivity index (χ1) is 13.1. The van der Waals surface area contributed by atoms with E-state index in [0.29, 0.717) is 5.92 Å². The fourth-order valence-electron chi connectivity index (χ4n) is 5.90. The van der Waals surface area contributed by atoms with Crippen LogP contribution in [0.15, 0.2) is 30.9 Å². The number of allylic oxidation sites excluding steroid dienone is 1. The molecule has 150 valence electrons. The van der Waals surface area contributed by atoms with Gasteiger partial charge < -0.3 is 0 Å². The Balaban J connectivity index is 1.56. The first-order valence-corrected chi connectivity index (χ1v) is 11.2. The molecular weight excluding hydrogens is 338 g/mol. The Hall–Kier alpha value is -1.18. The monoisotopic (exact) mass is 374 g/mol. The summed E-state index contributed by atoms with van der Waals surface area (Å²) < 4.78 is 27.1. The van der Waals surface area contributed by atoms with Gasteiger partial charge in [0.2, 0.25) is 0 Å². The Bertz CT molecular complexity index is 592. The SMILES string of the molecule is C=CCC(c1ccc(F)c(F)c1)C1CCC([C@H]2CC[C@H](CCC)CC2)CC1. The molecule has 1 atom stereocenters. The zero-order valence-corrected chi connectivity index (χ0v) is 16.9. The Labute approximate surface area is 164 Å². The Morgan fingerprint density at radius 3 is 2.15 bits per heavy atom. The third-order valence-electron chi connectivity index (χ3n) is 7.43. The van der Waals surface area contributed by atoms with Gasteiger partial charge >= 0.3 is 0 Å². The zero-order valence-electron chi connectivity index (χ0n) is 16.9. The van der Waals surface area contributed by atoms with E-state index in [1.807, 2.05) is 6.08 Å². The summed E-state index contributed by atoms with van der Waals surface area (Å²) >= 11 is 0. The molecule has 1 aromatic rings. The molecule has 0 nitrogen and oxygen atoms in total. The molecule has 0 aliphatic heterocycles. The van der Waals surface area contributed by atoms with Crippen molar-refractivity contribution in [3.63, 3.8) is 0 Å². The van der Waals surface area contributed by atoms with Gasteiger partial charge in [-0.3, -0.25) is 0 Å². The number of hydrogen-bond acceptors (Lipinski definition) is 0. The molecule has 1 unspecified atom stereocenters. The van der Waals surface area contributed by atoms with Crippen molar-refractivity contribution in [1.82, 2.24) is 0 Å². The van der Waals surface area contributed by atoms with Crippen LogP contribution >= 0.6 is 0 Å². The second kappa shape index (κ2) is 9.85. The summed E-state index contributed by atoms with van der Waals surface area (Å²) in [5, 5.41) is 0. The van der Waals surface area contributed by atoms with Gasteiger partial charge in [-0.25, -0.2) is 8.78 Å². The zero-order chi connectivity index (χ0) is 19.2. The number of hydrogen-bond donors (Lipinski definition) is 0. The van der Waals surface area contributed by atoms with Crippen molar-refractivity contribution in [2.24, 2.45) is 23.7 Å². The smallest absolute Gasteiger partial charge is 0.159 e. The van der Waals surface area contributed by atoms with E-state index in [0.717, 1.165) is 29.7 Å². The van der Waals surface area contributed by atoms with Crippen LogP contribution in [-0.2, 0) is 0 Å². The minimum Gasteiger partial charge on any atom is -0.204 e. The van der Waals surface area contributed by atoms with Gasteiger partial charge in [-0.15, -0.1) is 6.58 Å². The Kier molecular flexibility index (Phi) is 7.49. The van der Waals surface area contributed by atoms with E-state index in [2.05, 4.69) is 13.5 Å². The topological polar surface area (TPSA) is 0 Å². The summed E-state index contributed by atoms with van der Waals surface area (Å²) in [5.74, 6) is 2.17. The Morgan fingerprint density at radius 1 is 0.963 bits per heavy atom. The molecule has 2 fully saturated rings. The standard InChI is InChI=1S/C25H36F2/c1-3-5-18-7-9-19(10-8-18)20-11-13-21(14-12-20)23(6-4-2)22-15-16-24(26)25(27)17-22/h4,15-21,23H,2-3,5-14H2,1H3/t18-,19-,20?,21?,23?. The van der Waals surface area contributed by atoms with E-state index < -0.39 is 11.6 Å². The number of benzene rings is 1. The minimum atomic E-state index is -0.751. The molecule has 2 aliphatic rings. The highest BCUT2D eigenvalue weighted by molar-refractivity contribution is 5.23. The van der Waals surface area contributed by atoms with E-state index in [9.17, 15) is 8.78 Å². The Morgan fingerprint density at radius 2 is 1.59 bits per heavy atom. The average molecular weight is 375 g/mol. The third-order valence-corrected chi connectivity index (χ3v) is 7.43. The van der Waals surface area contributed by atoms with E-state index in [1.165, 1.54) is 76.3 Å². The van der Waals surface area contributed by atoms with Crippen molar-refractivity contribution in [2.75, 3.05) is 0 Å². The van der Waals surface area contributed by atoms with Crippen molar-refractivity contribution < 1.29 is 8.78 Å². The van der Waals surface area contributed by atoms with Crippen LogP contribution in [0.5, 0.6) is 0 Å². The normalized spacial score (nSPS) is 30.0. The molecule has 0 radical (unpaired) electrons. The lowest BCUT2D eigenvalue weighted by Gasteiger charge is -2.40. The lowest BCUT2D eigenvalue weighted by molar-refractivity contribution is 0.135. The largest absolute Gasteiger partial charge is 0.204 e. The average Bonchev–Trinajstić information content (AvgIpc) is 2.69. The van der Waals surface area contributed by atoms with Crippen LogP contribution in [0.1, 0.15) is 89.0 Å². The minimum absolute atomic E-state index is 0.277. The highest BCUT2D eigenvalue weighted by atomic mass is 19.2. The molecule has 0 amide bonds. The van der Waals surface area contributed by atoms with Crippen molar-refractivity contribution in [3.8, 4) is 0 Å². The van der Waals surface area contributed by atoms with Gasteiger partial charge in [0.05, 0.1) is 0 Å². The lowest BCUT2D eigenvalue weighted by Crippen LogP contribution is -2.27. The molecule has 3 rings (SSSR count). The second-order valence-corrected chi connectivity index (χ2v) is 9.05. The van der Waals surface area contributed by atoms with Gasteiger partial charge in [0.25, 0.3) is 0 Å².